The number of carboxylic acids is 2. The van der Waals surface area contributed by atoms with E-state index >= 15 is 0 Å². The molecule has 9 nitrogen and oxygen atoms in total. The Balaban J connectivity index is 1.89. The van der Waals surface area contributed by atoms with Crippen LogP contribution >= 0.6 is 0 Å². The lowest BCUT2D eigenvalue weighted by molar-refractivity contribution is -0.146. The molecule has 0 saturated heterocycles. The molecule has 0 amide bonds. The minimum atomic E-state index is -1.06. The van der Waals surface area contributed by atoms with E-state index in [0.29, 0.717) is 56.3 Å². The molecule has 2 rings (SSSR count). The molecule has 1 heterocycles. The van der Waals surface area contributed by atoms with Crippen molar-refractivity contribution in [3.63, 3.8) is 0 Å². The van der Waals surface area contributed by atoms with Crippen LogP contribution in [0.5, 0.6) is 0 Å². The summed E-state index contributed by atoms with van der Waals surface area (Å²) in [6, 6.07) is 6.08. The van der Waals surface area contributed by atoms with Crippen molar-refractivity contribution in [3.8, 4) is 0 Å². The molecular weight excluding hydrogens is 428 g/mol. The number of hydrogen-bond donors (Lipinski definition) is 3. The van der Waals surface area contributed by atoms with Crippen molar-refractivity contribution >= 4 is 28.7 Å². The van der Waals surface area contributed by atoms with E-state index in [9.17, 15) is 24.3 Å². The van der Waals surface area contributed by atoms with E-state index in [1.165, 1.54) is 11.0 Å². The highest BCUT2D eigenvalue weighted by Crippen LogP contribution is 2.20. The third-order valence-corrected chi connectivity index (χ3v) is 5.57. The minimum absolute atomic E-state index is 0.00273. The van der Waals surface area contributed by atoms with Gasteiger partial charge in [0.2, 0.25) is 0 Å². The summed E-state index contributed by atoms with van der Waals surface area (Å²) in [5.41, 5.74) is 1.58. The van der Waals surface area contributed by atoms with Gasteiger partial charge in [0.15, 0.2) is 0 Å². The molecule has 1 unspecified atom stereocenters. The second-order valence-electron chi connectivity index (χ2n) is 8.08. The number of carboxylic acid groups (broad SMARTS) is 2. The van der Waals surface area contributed by atoms with E-state index in [0.717, 1.165) is 10.9 Å². The summed E-state index contributed by atoms with van der Waals surface area (Å²) in [7, 11) is 1.83. The first-order chi connectivity index (χ1) is 15.7. The van der Waals surface area contributed by atoms with Gasteiger partial charge in [-0.1, -0.05) is 31.9 Å². The maximum atomic E-state index is 12.5. The number of rotatable bonds is 15. The van der Waals surface area contributed by atoms with Gasteiger partial charge in [-0.25, -0.2) is 4.79 Å². The molecule has 2 aromatic rings. The molecule has 33 heavy (non-hydrogen) atoms. The Bertz CT molecular complexity index is 1030. The summed E-state index contributed by atoms with van der Waals surface area (Å²) in [4.78, 5) is 48.3. The fourth-order valence-corrected chi connectivity index (χ4v) is 3.95. The van der Waals surface area contributed by atoms with Crippen molar-refractivity contribution < 1.29 is 29.0 Å². The van der Waals surface area contributed by atoms with Gasteiger partial charge in [-0.05, 0) is 43.6 Å². The molecule has 0 aliphatic carbocycles. The first kappa shape index (κ1) is 26.2. The smallest absolute Gasteiger partial charge is 0.336 e. The van der Waals surface area contributed by atoms with Crippen molar-refractivity contribution in [1.29, 1.82) is 0 Å². The normalized spacial score (nSPS) is 12.2. The van der Waals surface area contributed by atoms with Gasteiger partial charge >= 0.3 is 17.6 Å². The van der Waals surface area contributed by atoms with Crippen LogP contribution in [0.2, 0.25) is 0 Å². The van der Waals surface area contributed by atoms with Crippen molar-refractivity contribution in [1.82, 2.24) is 10.2 Å². The first-order valence-corrected chi connectivity index (χ1v) is 11.2. The first-order valence-electron chi connectivity index (χ1n) is 11.2. The van der Waals surface area contributed by atoms with Crippen molar-refractivity contribution in [2.45, 2.75) is 58.0 Å². The molecule has 0 aliphatic heterocycles. The Labute approximate surface area is 192 Å². The molecule has 0 aliphatic rings. The number of unbranched alkanes of at least 4 members (excludes halogenated alkanes) is 2. The number of benzene rings is 1. The zero-order valence-electron chi connectivity index (χ0n) is 19.1. The Morgan fingerprint density at radius 2 is 1.88 bits per heavy atom. The van der Waals surface area contributed by atoms with Gasteiger partial charge in [0.05, 0.1) is 6.54 Å². The number of nitrogens with zero attached hydrogens (tertiary/aromatic N) is 1. The van der Waals surface area contributed by atoms with Crippen LogP contribution in [-0.4, -0.2) is 59.0 Å². The molecule has 0 bridgehead atoms. The average Bonchev–Trinajstić information content (AvgIpc) is 2.74. The topological polar surface area (TPSA) is 137 Å². The van der Waals surface area contributed by atoms with E-state index in [1.807, 2.05) is 19.2 Å². The average molecular weight is 461 g/mol. The third kappa shape index (κ3) is 8.11. The molecule has 0 spiro atoms. The predicted molar refractivity (Wildman–Crippen MR) is 123 cm³/mol. The summed E-state index contributed by atoms with van der Waals surface area (Å²) in [6.07, 6.45) is 2.61. The van der Waals surface area contributed by atoms with Gasteiger partial charge in [-0.3, -0.25) is 19.3 Å². The number of Topliss-reactive ketones (excluding diaryl/α,β-unsaturated/α-hetero) is 1. The van der Waals surface area contributed by atoms with Crippen LogP contribution in [0.3, 0.4) is 0 Å². The standard InChI is InChI=1S/C24H32N2O7/c1-3-26(15-22(28)29)20(24(31)32)8-6-4-5-7-18(27)12-17-13-23(30)33-21-11-16(14-25-2)9-10-19(17)21/h9-11,13,20,25H,3-8,12,14-15H2,1-2H3,(H,28,29)(H,31,32). The molecule has 0 radical (unpaired) electrons. The van der Waals surface area contributed by atoms with Crippen LogP contribution in [0.25, 0.3) is 11.0 Å². The summed E-state index contributed by atoms with van der Waals surface area (Å²) in [6.45, 7) is 2.38. The van der Waals surface area contributed by atoms with E-state index in [1.54, 1.807) is 13.0 Å². The number of ketones is 1. The highest BCUT2D eigenvalue weighted by molar-refractivity contribution is 5.88. The van der Waals surface area contributed by atoms with Crippen LogP contribution in [-0.2, 0) is 27.3 Å². The lowest BCUT2D eigenvalue weighted by atomic mass is 9.99. The van der Waals surface area contributed by atoms with Gasteiger partial charge in [-0.2, -0.15) is 0 Å². The van der Waals surface area contributed by atoms with Crippen LogP contribution in [0, 0.1) is 0 Å². The number of nitrogens with one attached hydrogen (secondary N) is 1. The van der Waals surface area contributed by atoms with E-state index < -0.39 is 23.6 Å². The summed E-state index contributed by atoms with van der Waals surface area (Å²) < 4.78 is 5.29. The van der Waals surface area contributed by atoms with E-state index in [4.69, 9.17) is 9.52 Å². The molecule has 9 heteroatoms. The van der Waals surface area contributed by atoms with Gasteiger partial charge in [0, 0.05) is 30.8 Å². The lowest BCUT2D eigenvalue weighted by Crippen LogP contribution is -2.43. The highest BCUT2D eigenvalue weighted by Gasteiger charge is 2.25. The highest BCUT2D eigenvalue weighted by atomic mass is 16.4. The molecule has 1 aromatic carbocycles. The fourth-order valence-electron chi connectivity index (χ4n) is 3.95. The molecule has 1 aromatic heterocycles. The SMILES string of the molecule is CCN(CC(=O)O)C(CCCCCC(=O)Cc1cc(=O)oc2cc(CNC)ccc12)C(=O)O. The molecule has 1 atom stereocenters. The van der Waals surface area contributed by atoms with Crippen LogP contribution in [0.4, 0.5) is 0 Å². The van der Waals surface area contributed by atoms with Crippen LogP contribution < -0.4 is 10.9 Å². The van der Waals surface area contributed by atoms with Crippen molar-refractivity contribution in [2.24, 2.45) is 0 Å². The quantitative estimate of drug-likeness (QED) is 0.270. The molecule has 0 saturated carbocycles. The Hall–Kier alpha value is -3.04. The van der Waals surface area contributed by atoms with Crippen LogP contribution in [0.15, 0.2) is 33.5 Å². The van der Waals surface area contributed by atoms with Crippen LogP contribution in [0.1, 0.15) is 50.2 Å². The molecule has 3 N–H and O–H groups in total. The van der Waals surface area contributed by atoms with Gasteiger partial charge < -0.3 is 19.9 Å². The lowest BCUT2D eigenvalue weighted by Gasteiger charge is -2.25. The van der Waals surface area contributed by atoms with Gasteiger partial charge in [0.1, 0.15) is 17.4 Å². The Kier molecular flexibility index (Phi) is 10.2. The van der Waals surface area contributed by atoms with Crippen molar-refractivity contribution in [3.05, 3.63) is 45.8 Å². The number of fused-ring (bicyclic) bond motifs is 1. The number of aliphatic carboxylic acids is 2. The molecule has 180 valence electrons. The van der Waals surface area contributed by atoms with E-state index in [2.05, 4.69) is 5.32 Å². The van der Waals surface area contributed by atoms with Crippen molar-refractivity contribution in [2.75, 3.05) is 20.1 Å². The molecule has 0 fully saturated rings. The Morgan fingerprint density at radius 3 is 2.52 bits per heavy atom. The zero-order valence-corrected chi connectivity index (χ0v) is 19.1. The summed E-state index contributed by atoms with van der Waals surface area (Å²) in [5.74, 6) is -2.10. The number of likely N-dealkylation sites (N-methyl/N-ethyl adjacent to an activating group) is 1. The monoisotopic (exact) mass is 460 g/mol. The minimum Gasteiger partial charge on any atom is -0.480 e. The Morgan fingerprint density at radius 1 is 1.12 bits per heavy atom. The number of carbonyl (C=O) groups excluding carboxylic acids is 1. The summed E-state index contributed by atoms with van der Waals surface area (Å²) in [5, 5.41) is 22.2. The van der Waals surface area contributed by atoms with Gasteiger partial charge in [0.25, 0.3) is 0 Å². The van der Waals surface area contributed by atoms with Gasteiger partial charge in [-0.15, -0.1) is 0 Å². The zero-order chi connectivity index (χ0) is 24.4. The predicted octanol–water partition coefficient (Wildman–Crippen LogP) is 2.43. The number of carbonyl (C=O) groups is 3. The fraction of sp³-hybridized carbons (Fsp3) is 0.500. The third-order valence-electron chi connectivity index (χ3n) is 5.57. The maximum Gasteiger partial charge on any atom is 0.336 e. The summed E-state index contributed by atoms with van der Waals surface area (Å²) >= 11 is 0. The second-order valence-corrected chi connectivity index (χ2v) is 8.08. The van der Waals surface area contributed by atoms with E-state index in [-0.39, 0.29) is 18.7 Å². The molecular formula is C24H32N2O7. The second kappa shape index (κ2) is 12.9. The maximum absolute atomic E-state index is 12.5. The largest absolute Gasteiger partial charge is 0.480 e. The number of hydrogen-bond acceptors (Lipinski definition) is 7.